The number of para-hydroxylation sites is 1. The fourth-order valence-electron chi connectivity index (χ4n) is 2.17. The van der Waals surface area contributed by atoms with Gasteiger partial charge in [-0.1, -0.05) is 24.3 Å². The molecule has 3 nitrogen and oxygen atoms in total. The number of aliphatic hydroxyl groups excluding tert-OH is 1. The maximum absolute atomic E-state index is 10.6. The monoisotopic (exact) mass is 271 g/mol. The molecular formula is C15H13NO2S. The predicted octanol–water partition coefficient (Wildman–Crippen LogP) is 3.39. The average Bonchev–Trinajstić information content (AvgIpc) is 2.94. The van der Waals surface area contributed by atoms with Crippen LogP contribution < -0.4 is 4.74 Å². The molecule has 2 aromatic heterocycles. The molecule has 0 radical (unpaired) electrons. The third-order valence-electron chi connectivity index (χ3n) is 3.08. The Labute approximate surface area is 115 Å². The molecule has 0 aliphatic heterocycles. The van der Waals surface area contributed by atoms with E-state index in [0.717, 1.165) is 21.3 Å². The van der Waals surface area contributed by atoms with Crippen molar-refractivity contribution < 1.29 is 9.84 Å². The van der Waals surface area contributed by atoms with Gasteiger partial charge < -0.3 is 9.84 Å². The Balaban J connectivity index is 2.14. The molecule has 1 atom stereocenters. The highest BCUT2D eigenvalue weighted by molar-refractivity contribution is 7.10. The first-order valence-electron chi connectivity index (χ1n) is 5.94. The Morgan fingerprint density at radius 2 is 2.05 bits per heavy atom. The maximum atomic E-state index is 10.6. The number of thiophene rings is 1. The summed E-state index contributed by atoms with van der Waals surface area (Å²) in [5.41, 5.74) is 1.63. The molecule has 1 aromatic carbocycles. The molecule has 0 amide bonds. The maximum Gasteiger partial charge on any atom is 0.135 e. The fraction of sp³-hybridized carbons (Fsp3) is 0.133. The van der Waals surface area contributed by atoms with Crippen LogP contribution in [0.4, 0.5) is 0 Å². The number of hydrogen-bond acceptors (Lipinski definition) is 4. The number of fused-ring (bicyclic) bond motifs is 1. The quantitative estimate of drug-likeness (QED) is 0.794. The van der Waals surface area contributed by atoms with Gasteiger partial charge in [0, 0.05) is 17.1 Å². The van der Waals surface area contributed by atoms with Gasteiger partial charge in [-0.2, -0.15) is 0 Å². The first-order chi connectivity index (χ1) is 9.31. The lowest BCUT2D eigenvalue weighted by Gasteiger charge is -2.13. The number of aromatic nitrogens is 1. The molecule has 19 heavy (non-hydrogen) atoms. The second-order valence-electron chi connectivity index (χ2n) is 4.18. The third kappa shape index (κ3) is 2.09. The molecule has 0 aliphatic carbocycles. The zero-order chi connectivity index (χ0) is 13.2. The molecule has 2 heterocycles. The average molecular weight is 271 g/mol. The Bertz CT molecular complexity index is 703. The number of pyridine rings is 1. The van der Waals surface area contributed by atoms with Crippen LogP contribution in [0.3, 0.4) is 0 Å². The molecule has 4 heteroatoms. The molecule has 0 spiro atoms. The summed E-state index contributed by atoms with van der Waals surface area (Å²) in [4.78, 5) is 5.18. The normalized spacial score (nSPS) is 12.5. The highest BCUT2D eigenvalue weighted by atomic mass is 32.1. The predicted molar refractivity (Wildman–Crippen MR) is 76.7 cm³/mol. The highest BCUT2D eigenvalue weighted by Crippen LogP contribution is 2.36. The first-order valence-corrected chi connectivity index (χ1v) is 6.82. The number of nitrogens with zero attached hydrogens (tertiary/aromatic N) is 1. The largest absolute Gasteiger partial charge is 0.495 e. The molecule has 0 bridgehead atoms. The van der Waals surface area contributed by atoms with E-state index >= 15 is 0 Å². The number of ether oxygens (including phenoxy) is 1. The molecule has 0 saturated carbocycles. The van der Waals surface area contributed by atoms with E-state index in [9.17, 15) is 5.11 Å². The molecule has 0 aliphatic rings. The van der Waals surface area contributed by atoms with Crippen molar-refractivity contribution in [3.8, 4) is 5.75 Å². The second-order valence-corrected chi connectivity index (χ2v) is 5.13. The Morgan fingerprint density at radius 3 is 2.89 bits per heavy atom. The Hall–Kier alpha value is -1.91. The molecule has 0 fully saturated rings. The van der Waals surface area contributed by atoms with Crippen LogP contribution in [0.15, 0.2) is 48.0 Å². The van der Waals surface area contributed by atoms with Crippen molar-refractivity contribution in [3.05, 3.63) is 58.4 Å². The van der Waals surface area contributed by atoms with Crippen molar-refractivity contribution in [2.45, 2.75) is 6.10 Å². The van der Waals surface area contributed by atoms with Crippen LogP contribution in [0.5, 0.6) is 5.75 Å². The van der Waals surface area contributed by atoms with Crippen LogP contribution in [-0.4, -0.2) is 17.2 Å². The number of methoxy groups -OCH3 is 1. The second kappa shape index (κ2) is 4.99. The van der Waals surface area contributed by atoms with Gasteiger partial charge in [-0.25, -0.2) is 0 Å². The van der Waals surface area contributed by atoms with E-state index in [2.05, 4.69) is 4.98 Å². The van der Waals surface area contributed by atoms with Gasteiger partial charge in [0.1, 0.15) is 11.9 Å². The van der Waals surface area contributed by atoms with E-state index in [0.29, 0.717) is 5.75 Å². The first kappa shape index (κ1) is 12.1. The van der Waals surface area contributed by atoms with Crippen LogP contribution in [0, 0.1) is 0 Å². The van der Waals surface area contributed by atoms with Crippen molar-refractivity contribution in [2.75, 3.05) is 7.11 Å². The van der Waals surface area contributed by atoms with Gasteiger partial charge in [0.2, 0.25) is 0 Å². The molecule has 1 N–H and O–H groups in total. The molecule has 1 unspecified atom stereocenters. The lowest BCUT2D eigenvalue weighted by atomic mass is 10.0. The third-order valence-corrected chi connectivity index (χ3v) is 4.03. The standard InChI is InChI=1S/C15H13NO2S/c1-18-12-7-9-19-15(12)14(17)11-6-2-4-10-5-3-8-16-13(10)11/h2-9,14,17H,1H3. The molecular weight excluding hydrogens is 258 g/mol. The van der Waals surface area contributed by atoms with E-state index in [1.54, 1.807) is 13.3 Å². The van der Waals surface area contributed by atoms with Crippen molar-refractivity contribution >= 4 is 22.2 Å². The number of rotatable bonds is 3. The molecule has 96 valence electrons. The van der Waals surface area contributed by atoms with Crippen LogP contribution in [0.25, 0.3) is 10.9 Å². The summed E-state index contributed by atoms with van der Waals surface area (Å²) in [5, 5.41) is 13.5. The van der Waals surface area contributed by atoms with Crippen molar-refractivity contribution in [2.24, 2.45) is 0 Å². The van der Waals surface area contributed by atoms with Gasteiger partial charge in [-0.05, 0) is 17.5 Å². The lowest BCUT2D eigenvalue weighted by molar-refractivity contribution is 0.220. The van der Waals surface area contributed by atoms with Crippen LogP contribution >= 0.6 is 11.3 Å². The van der Waals surface area contributed by atoms with E-state index in [1.807, 2.05) is 41.8 Å². The number of benzene rings is 1. The van der Waals surface area contributed by atoms with E-state index in [4.69, 9.17) is 4.74 Å². The summed E-state index contributed by atoms with van der Waals surface area (Å²) in [5.74, 6) is 0.713. The Kier molecular flexibility index (Phi) is 3.19. The number of aliphatic hydroxyl groups is 1. The van der Waals surface area contributed by atoms with Crippen LogP contribution in [0.1, 0.15) is 16.5 Å². The SMILES string of the molecule is COc1ccsc1C(O)c1cccc2cccnc12. The summed E-state index contributed by atoms with van der Waals surface area (Å²) in [6.07, 6.45) is 1.03. The molecule has 3 rings (SSSR count). The van der Waals surface area contributed by atoms with Gasteiger partial charge in [-0.3, -0.25) is 4.98 Å². The summed E-state index contributed by atoms with van der Waals surface area (Å²) in [7, 11) is 1.61. The lowest BCUT2D eigenvalue weighted by Crippen LogP contribution is -2.01. The number of hydrogen-bond donors (Lipinski definition) is 1. The fourth-order valence-corrected chi connectivity index (χ4v) is 3.03. The van der Waals surface area contributed by atoms with Gasteiger partial charge in [0.05, 0.1) is 17.5 Å². The van der Waals surface area contributed by atoms with E-state index in [1.165, 1.54) is 11.3 Å². The smallest absolute Gasteiger partial charge is 0.135 e. The van der Waals surface area contributed by atoms with Crippen LogP contribution in [0.2, 0.25) is 0 Å². The van der Waals surface area contributed by atoms with E-state index in [-0.39, 0.29) is 0 Å². The van der Waals surface area contributed by atoms with Crippen molar-refractivity contribution in [1.82, 2.24) is 4.98 Å². The van der Waals surface area contributed by atoms with Gasteiger partial charge in [-0.15, -0.1) is 11.3 Å². The molecule has 0 saturated heterocycles. The highest BCUT2D eigenvalue weighted by Gasteiger charge is 2.19. The van der Waals surface area contributed by atoms with Crippen molar-refractivity contribution in [1.29, 1.82) is 0 Å². The van der Waals surface area contributed by atoms with Crippen molar-refractivity contribution in [3.63, 3.8) is 0 Å². The van der Waals surface area contributed by atoms with Gasteiger partial charge >= 0.3 is 0 Å². The zero-order valence-corrected chi connectivity index (χ0v) is 11.2. The minimum atomic E-state index is -0.714. The summed E-state index contributed by atoms with van der Waals surface area (Å²) >= 11 is 1.48. The minimum absolute atomic E-state index is 0.713. The summed E-state index contributed by atoms with van der Waals surface area (Å²) in [6, 6.07) is 11.6. The van der Waals surface area contributed by atoms with Gasteiger partial charge in [0.25, 0.3) is 0 Å². The van der Waals surface area contributed by atoms with E-state index < -0.39 is 6.10 Å². The summed E-state index contributed by atoms with van der Waals surface area (Å²) < 4.78 is 5.27. The zero-order valence-electron chi connectivity index (χ0n) is 10.4. The topological polar surface area (TPSA) is 42.4 Å². The van der Waals surface area contributed by atoms with Gasteiger partial charge in [0.15, 0.2) is 0 Å². The Morgan fingerprint density at radius 1 is 1.21 bits per heavy atom. The van der Waals surface area contributed by atoms with Crippen LogP contribution in [-0.2, 0) is 0 Å². The minimum Gasteiger partial charge on any atom is -0.495 e. The summed E-state index contributed by atoms with van der Waals surface area (Å²) in [6.45, 7) is 0. The molecule has 3 aromatic rings.